The molecule has 0 aliphatic rings. The first-order valence-corrected chi connectivity index (χ1v) is 8.81. The monoisotopic (exact) mass is 462 g/mol. The van der Waals surface area contributed by atoms with Crippen molar-refractivity contribution in [3.8, 4) is 0 Å². The molecule has 2 heterocycles. The van der Waals surface area contributed by atoms with E-state index in [2.05, 4.69) is 44.9 Å². The van der Waals surface area contributed by atoms with E-state index in [-0.39, 0.29) is 24.0 Å². The van der Waals surface area contributed by atoms with Crippen LogP contribution in [-0.2, 0) is 20.0 Å². The van der Waals surface area contributed by atoms with Gasteiger partial charge in [-0.05, 0) is 27.7 Å². The van der Waals surface area contributed by atoms with Gasteiger partial charge in [0, 0.05) is 43.2 Å². The quantitative estimate of drug-likeness (QED) is 0.394. The maximum absolute atomic E-state index is 4.68. The average Bonchev–Trinajstić information content (AvgIpc) is 3.01. The number of aryl methyl sites for hydroxylation is 3. The predicted octanol–water partition coefficient (Wildman–Crippen LogP) is 2.72. The first-order chi connectivity index (χ1) is 11.0. The molecule has 0 spiro atoms. The lowest BCUT2D eigenvalue weighted by Crippen LogP contribution is -2.38. The zero-order chi connectivity index (χ0) is 16.8. The summed E-state index contributed by atoms with van der Waals surface area (Å²) in [6.45, 7) is 10.5. The van der Waals surface area contributed by atoms with E-state index < -0.39 is 0 Å². The fourth-order valence-electron chi connectivity index (χ4n) is 2.38. The molecular formula is C16H27IN6S. The minimum Gasteiger partial charge on any atom is -0.357 e. The molecule has 0 aliphatic heterocycles. The van der Waals surface area contributed by atoms with Crippen LogP contribution >= 0.6 is 35.3 Å². The first-order valence-electron chi connectivity index (χ1n) is 7.93. The standard InChI is InChI=1S/C16H26N6S.HI/c1-6-17-16(18-8-7-14-10-23-13(4)20-14)19-9-15-11(2)21-22(5)12(15)3;/h10H,6-9H2,1-5H3,(H2,17,18,19);1H. The smallest absolute Gasteiger partial charge is 0.191 e. The molecule has 0 saturated carbocycles. The van der Waals surface area contributed by atoms with Crippen molar-refractivity contribution in [2.45, 2.75) is 40.7 Å². The Labute approximate surface area is 165 Å². The molecule has 2 N–H and O–H groups in total. The molecule has 2 aromatic heterocycles. The Morgan fingerprint density at radius 3 is 2.58 bits per heavy atom. The number of rotatable bonds is 6. The van der Waals surface area contributed by atoms with E-state index in [0.29, 0.717) is 6.54 Å². The number of aromatic nitrogens is 3. The summed E-state index contributed by atoms with van der Waals surface area (Å²) in [5.41, 5.74) is 4.54. The highest BCUT2D eigenvalue weighted by Gasteiger charge is 2.09. The number of nitrogens with one attached hydrogen (secondary N) is 2. The van der Waals surface area contributed by atoms with Gasteiger partial charge in [-0.15, -0.1) is 35.3 Å². The number of guanidine groups is 1. The molecule has 2 aromatic rings. The lowest BCUT2D eigenvalue weighted by Gasteiger charge is -2.10. The second-order valence-electron chi connectivity index (χ2n) is 5.50. The third kappa shape index (κ3) is 5.73. The Kier molecular flexibility index (Phi) is 8.68. The number of halogens is 1. The van der Waals surface area contributed by atoms with E-state index in [0.717, 1.165) is 41.9 Å². The Bertz CT molecular complexity index is 676. The fraction of sp³-hybridized carbons (Fsp3) is 0.562. The molecular weight excluding hydrogens is 435 g/mol. The molecule has 8 heteroatoms. The van der Waals surface area contributed by atoms with E-state index in [1.165, 1.54) is 11.3 Å². The Hall–Kier alpha value is -1.16. The highest BCUT2D eigenvalue weighted by atomic mass is 127. The van der Waals surface area contributed by atoms with Crippen molar-refractivity contribution in [3.05, 3.63) is 33.0 Å². The summed E-state index contributed by atoms with van der Waals surface area (Å²) in [7, 11) is 1.97. The van der Waals surface area contributed by atoms with Gasteiger partial charge >= 0.3 is 0 Å². The molecule has 0 amide bonds. The zero-order valence-electron chi connectivity index (χ0n) is 15.0. The summed E-state index contributed by atoms with van der Waals surface area (Å²) in [4.78, 5) is 9.16. The van der Waals surface area contributed by atoms with Crippen molar-refractivity contribution in [3.63, 3.8) is 0 Å². The van der Waals surface area contributed by atoms with Crippen LogP contribution in [-0.4, -0.2) is 33.8 Å². The number of hydrogen-bond donors (Lipinski definition) is 2. The van der Waals surface area contributed by atoms with Crippen molar-refractivity contribution in [1.29, 1.82) is 0 Å². The zero-order valence-corrected chi connectivity index (χ0v) is 18.2. The summed E-state index contributed by atoms with van der Waals surface area (Å²) in [5, 5.41) is 14.3. The second kappa shape index (κ2) is 9.97. The molecule has 0 atom stereocenters. The van der Waals surface area contributed by atoms with E-state index in [4.69, 9.17) is 0 Å². The van der Waals surface area contributed by atoms with Crippen LogP contribution in [0, 0.1) is 20.8 Å². The molecule has 0 saturated heterocycles. The van der Waals surface area contributed by atoms with Crippen molar-refractivity contribution in [2.75, 3.05) is 13.1 Å². The van der Waals surface area contributed by atoms with Crippen LogP contribution in [0.15, 0.2) is 10.4 Å². The van der Waals surface area contributed by atoms with Crippen LogP contribution < -0.4 is 10.6 Å². The van der Waals surface area contributed by atoms with Crippen molar-refractivity contribution < 1.29 is 0 Å². The van der Waals surface area contributed by atoms with Gasteiger partial charge in [0.1, 0.15) is 0 Å². The SMILES string of the molecule is CCNC(=NCc1c(C)nn(C)c1C)NCCc1csc(C)n1.I. The molecule has 0 radical (unpaired) electrons. The summed E-state index contributed by atoms with van der Waals surface area (Å²) in [6, 6.07) is 0. The van der Waals surface area contributed by atoms with Crippen molar-refractivity contribution in [2.24, 2.45) is 12.0 Å². The third-order valence-corrected chi connectivity index (χ3v) is 4.56. The second-order valence-corrected chi connectivity index (χ2v) is 6.57. The van der Waals surface area contributed by atoms with E-state index in [1.54, 1.807) is 11.3 Å². The van der Waals surface area contributed by atoms with Gasteiger partial charge in [-0.2, -0.15) is 5.10 Å². The molecule has 6 nitrogen and oxygen atoms in total. The number of nitrogens with zero attached hydrogens (tertiary/aromatic N) is 4. The normalized spacial score (nSPS) is 11.3. The van der Waals surface area contributed by atoms with Gasteiger partial charge in [-0.3, -0.25) is 4.68 Å². The first kappa shape index (κ1) is 20.9. The van der Waals surface area contributed by atoms with Crippen LogP contribution in [0.1, 0.15) is 34.6 Å². The number of thiazole rings is 1. The molecule has 0 unspecified atom stereocenters. The maximum atomic E-state index is 4.68. The molecule has 2 rings (SSSR count). The Balaban J connectivity index is 0.00000288. The van der Waals surface area contributed by atoms with Gasteiger partial charge in [0.15, 0.2) is 5.96 Å². The predicted molar refractivity (Wildman–Crippen MR) is 111 cm³/mol. The summed E-state index contributed by atoms with van der Waals surface area (Å²) >= 11 is 1.69. The lowest BCUT2D eigenvalue weighted by molar-refractivity contribution is 0.729. The molecule has 24 heavy (non-hydrogen) atoms. The average molecular weight is 462 g/mol. The van der Waals surface area contributed by atoms with E-state index >= 15 is 0 Å². The van der Waals surface area contributed by atoms with Gasteiger partial charge in [-0.1, -0.05) is 0 Å². The summed E-state index contributed by atoms with van der Waals surface area (Å²) < 4.78 is 1.91. The molecule has 134 valence electrons. The van der Waals surface area contributed by atoms with Crippen molar-refractivity contribution in [1.82, 2.24) is 25.4 Å². The summed E-state index contributed by atoms with van der Waals surface area (Å²) in [5.74, 6) is 0.835. The highest BCUT2D eigenvalue weighted by Crippen LogP contribution is 2.12. The van der Waals surface area contributed by atoms with Crippen LogP contribution in [0.4, 0.5) is 0 Å². The highest BCUT2D eigenvalue weighted by molar-refractivity contribution is 14.0. The largest absolute Gasteiger partial charge is 0.357 e. The lowest BCUT2D eigenvalue weighted by atomic mass is 10.2. The van der Waals surface area contributed by atoms with Gasteiger partial charge < -0.3 is 10.6 Å². The maximum Gasteiger partial charge on any atom is 0.191 e. The molecule has 0 fully saturated rings. The molecule has 0 bridgehead atoms. The van der Waals surface area contributed by atoms with Crippen molar-refractivity contribution >= 4 is 41.3 Å². The summed E-state index contributed by atoms with van der Waals surface area (Å²) in [6.07, 6.45) is 0.902. The van der Waals surface area contributed by atoms with Crippen LogP contribution in [0.3, 0.4) is 0 Å². The van der Waals surface area contributed by atoms with Crippen LogP contribution in [0.2, 0.25) is 0 Å². The topological polar surface area (TPSA) is 67.1 Å². The minimum absolute atomic E-state index is 0. The van der Waals surface area contributed by atoms with E-state index in [1.807, 2.05) is 25.6 Å². The number of aliphatic imine (C=N–C) groups is 1. The van der Waals surface area contributed by atoms with Gasteiger partial charge in [0.25, 0.3) is 0 Å². The van der Waals surface area contributed by atoms with Crippen LogP contribution in [0.5, 0.6) is 0 Å². The van der Waals surface area contributed by atoms with Gasteiger partial charge in [-0.25, -0.2) is 9.98 Å². The Morgan fingerprint density at radius 2 is 2.04 bits per heavy atom. The minimum atomic E-state index is 0. The third-order valence-electron chi connectivity index (χ3n) is 3.74. The van der Waals surface area contributed by atoms with E-state index in [9.17, 15) is 0 Å². The van der Waals surface area contributed by atoms with Gasteiger partial charge in [0.05, 0.1) is 22.9 Å². The Morgan fingerprint density at radius 1 is 1.29 bits per heavy atom. The fourth-order valence-corrected chi connectivity index (χ4v) is 3.03. The number of hydrogen-bond acceptors (Lipinski definition) is 4. The molecule has 0 aliphatic carbocycles. The molecule has 0 aromatic carbocycles. The van der Waals surface area contributed by atoms with Gasteiger partial charge in [0.2, 0.25) is 0 Å². The van der Waals surface area contributed by atoms with Crippen LogP contribution in [0.25, 0.3) is 0 Å².